The summed E-state index contributed by atoms with van der Waals surface area (Å²) in [4.78, 5) is 12.4. The maximum atomic E-state index is 12.4. The summed E-state index contributed by atoms with van der Waals surface area (Å²) in [7, 11) is 0. The second kappa shape index (κ2) is 16.8. The number of aryl methyl sites for hydroxylation is 1. The Bertz CT molecular complexity index is 819. The minimum Gasteiger partial charge on any atom is -0.356 e. The molecular formula is C28H37NO. The maximum Gasteiger partial charge on any atom is 0.193 e. The molecule has 0 aromatic heterocycles. The van der Waals surface area contributed by atoms with Crippen molar-refractivity contribution in [2.75, 3.05) is 5.32 Å². The molecule has 30 heavy (non-hydrogen) atoms. The Hall–Kier alpha value is -3.13. The molecule has 0 aliphatic carbocycles. The van der Waals surface area contributed by atoms with Gasteiger partial charge in [-0.3, -0.25) is 4.79 Å². The van der Waals surface area contributed by atoms with Crippen LogP contribution in [0, 0.1) is 6.92 Å². The summed E-state index contributed by atoms with van der Waals surface area (Å²) < 4.78 is 0. The largest absolute Gasteiger partial charge is 0.356 e. The molecule has 0 saturated carbocycles. The molecule has 0 unspecified atom stereocenters. The molecule has 0 aliphatic heterocycles. The van der Waals surface area contributed by atoms with Crippen molar-refractivity contribution in [3.8, 4) is 0 Å². The SMILES string of the molecule is C=CC.CC.CCC.Cc1ccc(C(=O)c2ccc(Nc3ccccc3)cc2)cc1. The van der Waals surface area contributed by atoms with Crippen LogP contribution in [-0.2, 0) is 0 Å². The molecule has 160 valence electrons. The van der Waals surface area contributed by atoms with Crippen molar-refractivity contribution >= 4 is 17.2 Å². The predicted octanol–water partition coefficient (Wildman–Crippen LogP) is 8.60. The molecule has 0 bridgehead atoms. The molecule has 3 aromatic rings. The summed E-state index contributed by atoms with van der Waals surface area (Å²) in [6.45, 7) is 15.5. The summed E-state index contributed by atoms with van der Waals surface area (Å²) in [5, 5.41) is 3.31. The van der Waals surface area contributed by atoms with Crippen molar-refractivity contribution < 1.29 is 4.79 Å². The highest BCUT2D eigenvalue weighted by atomic mass is 16.1. The first-order valence-electron chi connectivity index (χ1n) is 10.7. The van der Waals surface area contributed by atoms with E-state index in [1.54, 1.807) is 6.08 Å². The van der Waals surface area contributed by atoms with E-state index in [4.69, 9.17) is 0 Å². The fourth-order valence-corrected chi connectivity index (χ4v) is 2.26. The Balaban J connectivity index is 0.000000923. The summed E-state index contributed by atoms with van der Waals surface area (Å²) in [6, 6.07) is 25.2. The average Bonchev–Trinajstić information content (AvgIpc) is 2.78. The summed E-state index contributed by atoms with van der Waals surface area (Å²) in [6.07, 6.45) is 3.00. The third-order valence-corrected chi connectivity index (χ3v) is 3.52. The van der Waals surface area contributed by atoms with Crippen LogP contribution >= 0.6 is 0 Å². The van der Waals surface area contributed by atoms with Crippen molar-refractivity contribution in [1.29, 1.82) is 0 Å². The van der Waals surface area contributed by atoms with Gasteiger partial charge >= 0.3 is 0 Å². The van der Waals surface area contributed by atoms with Crippen molar-refractivity contribution in [3.05, 3.63) is 108 Å². The Kier molecular flexibility index (Phi) is 15.0. The second-order valence-corrected chi connectivity index (χ2v) is 6.38. The molecule has 0 aliphatic rings. The summed E-state index contributed by atoms with van der Waals surface area (Å²) in [5.41, 5.74) is 4.56. The van der Waals surface area contributed by atoms with E-state index in [1.807, 2.05) is 107 Å². The first-order chi connectivity index (χ1) is 14.5. The normalized spacial score (nSPS) is 8.73. The number of benzene rings is 3. The van der Waals surface area contributed by atoms with Gasteiger partial charge in [-0.1, -0.05) is 88.2 Å². The van der Waals surface area contributed by atoms with Crippen LogP contribution in [0.25, 0.3) is 0 Å². The Labute approximate surface area is 183 Å². The fourth-order valence-electron chi connectivity index (χ4n) is 2.26. The number of hydrogen-bond donors (Lipinski definition) is 1. The highest BCUT2D eigenvalue weighted by Gasteiger charge is 2.08. The minimum absolute atomic E-state index is 0.0475. The van der Waals surface area contributed by atoms with Gasteiger partial charge in [-0.25, -0.2) is 0 Å². The van der Waals surface area contributed by atoms with Crippen LogP contribution in [0.15, 0.2) is 91.5 Å². The number of nitrogens with one attached hydrogen (secondary N) is 1. The minimum atomic E-state index is 0.0475. The van der Waals surface area contributed by atoms with Gasteiger partial charge in [0.05, 0.1) is 0 Å². The van der Waals surface area contributed by atoms with Gasteiger partial charge in [-0.05, 0) is 50.2 Å². The Morgan fingerprint density at radius 1 is 0.800 bits per heavy atom. The fraction of sp³-hybridized carbons (Fsp3) is 0.250. The standard InChI is InChI=1S/C20H17NO.C3H8.C3H6.C2H6/c1-15-7-9-16(10-8-15)20(22)17-11-13-19(14-12-17)21-18-5-3-2-4-6-18;2*1-3-2;1-2/h2-14,21H,1H3;3H2,1-2H3;3H,1H2,2H3;1-2H3. The quantitative estimate of drug-likeness (QED) is 0.349. The first-order valence-corrected chi connectivity index (χ1v) is 10.7. The lowest BCUT2D eigenvalue weighted by Gasteiger charge is -2.07. The molecule has 2 nitrogen and oxygen atoms in total. The molecule has 0 spiro atoms. The van der Waals surface area contributed by atoms with Crippen molar-refractivity contribution in [3.63, 3.8) is 0 Å². The molecule has 0 heterocycles. The van der Waals surface area contributed by atoms with Gasteiger partial charge in [0.25, 0.3) is 0 Å². The van der Waals surface area contributed by atoms with Crippen molar-refractivity contribution in [1.82, 2.24) is 0 Å². The summed E-state index contributed by atoms with van der Waals surface area (Å²) >= 11 is 0. The van der Waals surface area contributed by atoms with E-state index < -0.39 is 0 Å². The van der Waals surface area contributed by atoms with E-state index in [1.165, 1.54) is 6.42 Å². The number of allylic oxidation sites excluding steroid dienone is 1. The lowest BCUT2D eigenvalue weighted by molar-refractivity contribution is 0.103. The zero-order valence-corrected chi connectivity index (χ0v) is 19.4. The van der Waals surface area contributed by atoms with Crippen LogP contribution in [0.2, 0.25) is 0 Å². The zero-order valence-electron chi connectivity index (χ0n) is 19.4. The van der Waals surface area contributed by atoms with E-state index in [9.17, 15) is 4.79 Å². The van der Waals surface area contributed by atoms with E-state index in [0.29, 0.717) is 5.56 Å². The van der Waals surface area contributed by atoms with Crippen LogP contribution < -0.4 is 5.32 Å². The van der Waals surface area contributed by atoms with E-state index >= 15 is 0 Å². The highest BCUT2D eigenvalue weighted by Crippen LogP contribution is 2.18. The second-order valence-electron chi connectivity index (χ2n) is 6.38. The van der Waals surface area contributed by atoms with Crippen molar-refractivity contribution in [2.24, 2.45) is 0 Å². The molecule has 0 fully saturated rings. The van der Waals surface area contributed by atoms with E-state index in [0.717, 1.165) is 22.5 Å². The Morgan fingerprint density at radius 2 is 1.17 bits per heavy atom. The molecule has 3 aromatic carbocycles. The van der Waals surface area contributed by atoms with Crippen LogP contribution in [0.4, 0.5) is 11.4 Å². The number of para-hydroxylation sites is 1. The van der Waals surface area contributed by atoms with Gasteiger partial charge in [0, 0.05) is 22.5 Å². The van der Waals surface area contributed by atoms with Crippen molar-refractivity contribution in [2.45, 2.75) is 48.0 Å². The zero-order chi connectivity index (χ0) is 22.8. The molecule has 2 heteroatoms. The lowest BCUT2D eigenvalue weighted by atomic mass is 10.0. The molecule has 1 N–H and O–H groups in total. The first kappa shape index (κ1) is 26.9. The molecule has 0 atom stereocenters. The molecular weight excluding hydrogens is 366 g/mol. The summed E-state index contributed by atoms with van der Waals surface area (Å²) in [5.74, 6) is 0.0475. The number of hydrogen-bond acceptors (Lipinski definition) is 2. The van der Waals surface area contributed by atoms with E-state index in [-0.39, 0.29) is 5.78 Å². The van der Waals surface area contributed by atoms with Crippen LogP contribution in [0.3, 0.4) is 0 Å². The topological polar surface area (TPSA) is 29.1 Å². The number of anilines is 2. The van der Waals surface area contributed by atoms with Gasteiger partial charge in [-0.2, -0.15) is 0 Å². The predicted molar refractivity (Wildman–Crippen MR) is 134 cm³/mol. The maximum absolute atomic E-state index is 12.4. The monoisotopic (exact) mass is 403 g/mol. The molecule has 3 rings (SSSR count). The van der Waals surface area contributed by atoms with E-state index in [2.05, 4.69) is 25.7 Å². The lowest BCUT2D eigenvalue weighted by Crippen LogP contribution is -2.01. The van der Waals surface area contributed by atoms with Crippen LogP contribution in [-0.4, -0.2) is 5.78 Å². The number of rotatable bonds is 4. The van der Waals surface area contributed by atoms with Gasteiger partial charge in [0.2, 0.25) is 0 Å². The number of carbonyl (C=O) groups excluding carboxylic acids is 1. The third kappa shape index (κ3) is 10.4. The van der Waals surface area contributed by atoms with Gasteiger partial charge in [0.1, 0.15) is 0 Å². The average molecular weight is 404 g/mol. The van der Waals surface area contributed by atoms with Gasteiger partial charge in [0.15, 0.2) is 5.78 Å². The van der Waals surface area contributed by atoms with Gasteiger partial charge in [-0.15, -0.1) is 6.58 Å². The number of carbonyl (C=O) groups is 1. The van der Waals surface area contributed by atoms with Gasteiger partial charge < -0.3 is 5.32 Å². The number of ketones is 1. The molecule has 0 amide bonds. The molecule has 0 saturated heterocycles. The van der Waals surface area contributed by atoms with Crippen LogP contribution in [0.5, 0.6) is 0 Å². The highest BCUT2D eigenvalue weighted by molar-refractivity contribution is 6.09. The van der Waals surface area contributed by atoms with Crippen LogP contribution in [0.1, 0.15) is 62.5 Å². The molecule has 0 radical (unpaired) electrons. The Morgan fingerprint density at radius 3 is 1.60 bits per heavy atom. The third-order valence-electron chi connectivity index (χ3n) is 3.52. The smallest absolute Gasteiger partial charge is 0.193 e.